The van der Waals surface area contributed by atoms with Gasteiger partial charge >= 0.3 is 5.97 Å². The average molecular weight is 210 g/mol. The summed E-state index contributed by atoms with van der Waals surface area (Å²) in [6, 6.07) is 5.37. The first kappa shape index (κ1) is 11.7. The summed E-state index contributed by atoms with van der Waals surface area (Å²) in [5.41, 5.74) is 2.09. The number of halogens is 1. The van der Waals surface area contributed by atoms with Crippen molar-refractivity contribution < 1.29 is 13.9 Å². The second-order valence-electron chi connectivity index (χ2n) is 3.47. The predicted octanol–water partition coefficient (Wildman–Crippen LogP) is 2.88. The Hall–Kier alpha value is -1.38. The zero-order valence-corrected chi connectivity index (χ0v) is 9.21. The minimum atomic E-state index is -1.68. The van der Waals surface area contributed by atoms with Crippen LogP contribution >= 0.6 is 0 Å². The van der Waals surface area contributed by atoms with Gasteiger partial charge in [0, 0.05) is 5.56 Å². The lowest BCUT2D eigenvalue weighted by molar-refractivity contribution is -0.149. The fourth-order valence-corrected chi connectivity index (χ4v) is 1.38. The van der Waals surface area contributed by atoms with E-state index in [0.717, 1.165) is 11.1 Å². The second-order valence-corrected chi connectivity index (χ2v) is 3.47. The SMILES string of the molecule is CCOC(=O)C(F)c1cc(C)ccc1C. The van der Waals surface area contributed by atoms with Crippen LogP contribution in [0.15, 0.2) is 18.2 Å². The van der Waals surface area contributed by atoms with E-state index >= 15 is 0 Å². The van der Waals surface area contributed by atoms with Crippen molar-refractivity contribution in [2.24, 2.45) is 0 Å². The molecule has 82 valence electrons. The van der Waals surface area contributed by atoms with Crippen LogP contribution < -0.4 is 0 Å². The summed E-state index contributed by atoms with van der Waals surface area (Å²) in [6.07, 6.45) is -1.68. The Labute approximate surface area is 89.1 Å². The molecule has 2 nitrogen and oxygen atoms in total. The van der Waals surface area contributed by atoms with Crippen molar-refractivity contribution in [1.82, 2.24) is 0 Å². The topological polar surface area (TPSA) is 26.3 Å². The normalized spacial score (nSPS) is 12.3. The summed E-state index contributed by atoms with van der Waals surface area (Å²) in [4.78, 5) is 11.2. The molecule has 0 heterocycles. The highest BCUT2D eigenvalue weighted by Gasteiger charge is 2.22. The summed E-state index contributed by atoms with van der Waals surface area (Å²) in [6.45, 7) is 5.50. The van der Waals surface area contributed by atoms with Crippen molar-refractivity contribution in [3.05, 3.63) is 34.9 Å². The molecule has 0 amide bonds. The molecule has 0 aliphatic rings. The van der Waals surface area contributed by atoms with Crippen LogP contribution in [-0.4, -0.2) is 12.6 Å². The Kier molecular flexibility index (Phi) is 3.83. The van der Waals surface area contributed by atoms with E-state index in [1.54, 1.807) is 26.0 Å². The highest BCUT2D eigenvalue weighted by Crippen LogP contribution is 2.23. The number of ether oxygens (including phenoxy) is 1. The molecule has 0 aromatic heterocycles. The van der Waals surface area contributed by atoms with Gasteiger partial charge in [0.25, 0.3) is 0 Å². The van der Waals surface area contributed by atoms with Crippen LogP contribution in [0.3, 0.4) is 0 Å². The molecule has 0 spiro atoms. The number of hydrogen-bond acceptors (Lipinski definition) is 2. The number of hydrogen-bond donors (Lipinski definition) is 0. The third kappa shape index (κ3) is 2.78. The maximum absolute atomic E-state index is 13.7. The molecule has 0 radical (unpaired) electrons. The van der Waals surface area contributed by atoms with E-state index in [-0.39, 0.29) is 6.61 Å². The Morgan fingerprint density at radius 2 is 2.13 bits per heavy atom. The number of alkyl halides is 1. The van der Waals surface area contributed by atoms with E-state index in [4.69, 9.17) is 0 Å². The molecule has 1 atom stereocenters. The highest BCUT2D eigenvalue weighted by atomic mass is 19.1. The maximum Gasteiger partial charge on any atom is 0.345 e. The van der Waals surface area contributed by atoms with Gasteiger partial charge in [-0.05, 0) is 26.3 Å². The Bertz CT molecular complexity index is 361. The van der Waals surface area contributed by atoms with Crippen molar-refractivity contribution in [2.75, 3.05) is 6.61 Å². The number of benzene rings is 1. The number of rotatable bonds is 3. The van der Waals surface area contributed by atoms with E-state index in [0.29, 0.717) is 5.56 Å². The molecule has 1 rings (SSSR count). The minimum absolute atomic E-state index is 0.199. The first-order valence-electron chi connectivity index (χ1n) is 4.94. The molecule has 15 heavy (non-hydrogen) atoms. The largest absolute Gasteiger partial charge is 0.464 e. The van der Waals surface area contributed by atoms with Crippen molar-refractivity contribution in [3.63, 3.8) is 0 Å². The highest BCUT2D eigenvalue weighted by molar-refractivity contribution is 5.77. The van der Waals surface area contributed by atoms with Crippen LogP contribution in [0.25, 0.3) is 0 Å². The minimum Gasteiger partial charge on any atom is -0.464 e. The quantitative estimate of drug-likeness (QED) is 0.717. The summed E-state index contributed by atoms with van der Waals surface area (Å²) in [7, 11) is 0. The van der Waals surface area contributed by atoms with Crippen LogP contribution in [0, 0.1) is 13.8 Å². The third-order valence-corrected chi connectivity index (χ3v) is 2.20. The summed E-state index contributed by atoms with van der Waals surface area (Å²) in [5.74, 6) is -0.814. The van der Waals surface area contributed by atoms with E-state index in [2.05, 4.69) is 4.74 Å². The Morgan fingerprint density at radius 1 is 1.47 bits per heavy atom. The van der Waals surface area contributed by atoms with Crippen molar-refractivity contribution >= 4 is 5.97 Å². The third-order valence-electron chi connectivity index (χ3n) is 2.20. The van der Waals surface area contributed by atoms with Crippen molar-refractivity contribution in [1.29, 1.82) is 0 Å². The zero-order chi connectivity index (χ0) is 11.4. The van der Waals surface area contributed by atoms with Gasteiger partial charge in [-0.2, -0.15) is 0 Å². The fraction of sp³-hybridized carbons (Fsp3) is 0.417. The van der Waals surface area contributed by atoms with E-state index in [9.17, 15) is 9.18 Å². The lowest BCUT2D eigenvalue weighted by atomic mass is 10.0. The van der Waals surface area contributed by atoms with Gasteiger partial charge in [-0.1, -0.05) is 23.8 Å². The molecule has 0 saturated heterocycles. The van der Waals surface area contributed by atoms with Crippen molar-refractivity contribution in [3.8, 4) is 0 Å². The molecule has 1 unspecified atom stereocenters. The van der Waals surface area contributed by atoms with Gasteiger partial charge in [-0.15, -0.1) is 0 Å². The van der Waals surface area contributed by atoms with Crippen LogP contribution in [0.2, 0.25) is 0 Å². The van der Waals surface area contributed by atoms with Crippen LogP contribution in [-0.2, 0) is 9.53 Å². The molecule has 0 fully saturated rings. The zero-order valence-electron chi connectivity index (χ0n) is 9.21. The standard InChI is InChI=1S/C12H15FO2/c1-4-15-12(14)11(13)10-7-8(2)5-6-9(10)3/h5-7,11H,4H2,1-3H3. The van der Waals surface area contributed by atoms with E-state index in [1.807, 2.05) is 13.0 Å². The molecule has 0 aliphatic carbocycles. The second kappa shape index (κ2) is 4.91. The molecular formula is C12H15FO2. The first-order valence-corrected chi connectivity index (χ1v) is 4.94. The first-order chi connectivity index (χ1) is 7.06. The monoisotopic (exact) mass is 210 g/mol. The van der Waals surface area contributed by atoms with Gasteiger partial charge in [0.1, 0.15) is 0 Å². The fourth-order valence-electron chi connectivity index (χ4n) is 1.38. The molecule has 3 heteroatoms. The number of esters is 1. The smallest absolute Gasteiger partial charge is 0.345 e. The van der Waals surface area contributed by atoms with Gasteiger partial charge in [0.15, 0.2) is 0 Å². The number of carbonyl (C=O) groups excluding carboxylic acids is 1. The van der Waals surface area contributed by atoms with Crippen LogP contribution in [0.1, 0.15) is 29.8 Å². The summed E-state index contributed by atoms with van der Waals surface area (Å²) < 4.78 is 18.3. The lowest BCUT2D eigenvalue weighted by Gasteiger charge is -2.11. The number of carbonyl (C=O) groups is 1. The van der Waals surface area contributed by atoms with Gasteiger partial charge < -0.3 is 4.74 Å². The molecule has 0 bridgehead atoms. The van der Waals surface area contributed by atoms with Crippen LogP contribution in [0.4, 0.5) is 4.39 Å². The Morgan fingerprint density at radius 3 is 2.73 bits per heavy atom. The van der Waals surface area contributed by atoms with Gasteiger partial charge in [0.2, 0.25) is 6.17 Å². The summed E-state index contributed by atoms with van der Waals surface area (Å²) in [5, 5.41) is 0. The molecule has 1 aromatic rings. The molecule has 1 aromatic carbocycles. The van der Waals surface area contributed by atoms with Gasteiger partial charge in [-0.25, -0.2) is 9.18 Å². The molecule has 0 N–H and O–H groups in total. The Balaban J connectivity index is 2.94. The lowest BCUT2D eigenvalue weighted by Crippen LogP contribution is -2.13. The van der Waals surface area contributed by atoms with Gasteiger partial charge in [-0.3, -0.25) is 0 Å². The van der Waals surface area contributed by atoms with Crippen molar-refractivity contribution in [2.45, 2.75) is 26.9 Å². The summed E-state index contributed by atoms with van der Waals surface area (Å²) >= 11 is 0. The van der Waals surface area contributed by atoms with Crippen LogP contribution in [0.5, 0.6) is 0 Å². The number of aryl methyl sites for hydroxylation is 2. The molecule has 0 aliphatic heterocycles. The average Bonchev–Trinajstić information content (AvgIpc) is 2.21. The van der Waals surface area contributed by atoms with E-state index < -0.39 is 12.1 Å². The van der Waals surface area contributed by atoms with E-state index in [1.165, 1.54) is 0 Å². The molecule has 0 saturated carbocycles. The maximum atomic E-state index is 13.7. The predicted molar refractivity (Wildman–Crippen MR) is 56.4 cm³/mol. The van der Waals surface area contributed by atoms with Gasteiger partial charge in [0.05, 0.1) is 6.61 Å². The molecular weight excluding hydrogens is 195 g/mol.